The van der Waals surface area contributed by atoms with Gasteiger partial charge in [0.2, 0.25) is 0 Å². The van der Waals surface area contributed by atoms with Gasteiger partial charge in [-0.15, -0.1) is 10.2 Å². The Labute approximate surface area is 117 Å². The summed E-state index contributed by atoms with van der Waals surface area (Å²) in [4.78, 5) is 15.2. The average Bonchev–Trinajstić information content (AvgIpc) is 2.98. The SMILES string of the molecule is O=C(O)Cc1nc2cc(Cl)ccn2c1Cc1nn[nH]n1. The van der Waals surface area contributed by atoms with Crippen LogP contribution >= 0.6 is 11.6 Å². The van der Waals surface area contributed by atoms with Crippen LogP contribution in [-0.2, 0) is 17.6 Å². The maximum Gasteiger partial charge on any atom is 0.309 e. The van der Waals surface area contributed by atoms with Crippen LogP contribution in [0.15, 0.2) is 18.3 Å². The first kappa shape index (κ1) is 12.5. The molecule has 2 N–H and O–H groups in total. The van der Waals surface area contributed by atoms with Crippen LogP contribution < -0.4 is 0 Å². The fraction of sp³-hybridized carbons (Fsp3) is 0.182. The largest absolute Gasteiger partial charge is 0.481 e. The highest BCUT2D eigenvalue weighted by molar-refractivity contribution is 6.30. The van der Waals surface area contributed by atoms with E-state index in [1.54, 1.807) is 22.7 Å². The van der Waals surface area contributed by atoms with Crippen molar-refractivity contribution < 1.29 is 9.90 Å². The van der Waals surface area contributed by atoms with Crippen molar-refractivity contribution in [3.63, 3.8) is 0 Å². The second-order valence-electron chi connectivity index (χ2n) is 4.15. The smallest absolute Gasteiger partial charge is 0.309 e. The van der Waals surface area contributed by atoms with Gasteiger partial charge >= 0.3 is 5.97 Å². The van der Waals surface area contributed by atoms with Gasteiger partial charge in [-0.3, -0.25) is 4.79 Å². The van der Waals surface area contributed by atoms with Gasteiger partial charge in [0.05, 0.1) is 24.2 Å². The fourth-order valence-corrected chi connectivity index (χ4v) is 2.15. The van der Waals surface area contributed by atoms with E-state index >= 15 is 0 Å². The molecule has 0 spiro atoms. The van der Waals surface area contributed by atoms with Gasteiger partial charge in [0.25, 0.3) is 0 Å². The Kier molecular flexibility index (Phi) is 3.07. The van der Waals surface area contributed by atoms with E-state index in [-0.39, 0.29) is 6.42 Å². The van der Waals surface area contributed by atoms with Crippen molar-refractivity contribution in [2.24, 2.45) is 0 Å². The molecule has 3 aromatic rings. The highest BCUT2D eigenvalue weighted by Crippen LogP contribution is 2.19. The molecular weight excluding hydrogens is 284 g/mol. The summed E-state index contributed by atoms with van der Waals surface area (Å²) in [5.74, 6) is -0.484. The maximum atomic E-state index is 10.9. The molecule has 8 nitrogen and oxygen atoms in total. The molecule has 3 aromatic heterocycles. The number of H-pyrrole nitrogens is 1. The third-order valence-electron chi connectivity index (χ3n) is 2.80. The van der Waals surface area contributed by atoms with Gasteiger partial charge in [0, 0.05) is 17.3 Å². The van der Waals surface area contributed by atoms with E-state index in [0.29, 0.717) is 34.3 Å². The number of aromatic nitrogens is 6. The Morgan fingerprint density at radius 1 is 1.50 bits per heavy atom. The van der Waals surface area contributed by atoms with Crippen molar-refractivity contribution in [3.05, 3.63) is 40.6 Å². The van der Waals surface area contributed by atoms with Gasteiger partial charge in [0.15, 0.2) is 5.82 Å². The fourth-order valence-electron chi connectivity index (χ4n) is 2.00. The predicted octanol–water partition coefficient (Wildman–Crippen LogP) is 0.719. The quantitative estimate of drug-likeness (QED) is 0.733. The van der Waals surface area contributed by atoms with Crippen LogP contribution in [0, 0.1) is 0 Å². The molecule has 0 aliphatic rings. The molecule has 0 aromatic carbocycles. The molecule has 0 bridgehead atoms. The van der Waals surface area contributed by atoms with E-state index in [2.05, 4.69) is 25.6 Å². The maximum absolute atomic E-state index is 10.9. The van der Waals surface area contributed by atoms with Crippen LogP contribution in [0.2, 0.25) is 5.02 Å². The summed E-state index contributed by atoms with van der Waals surface area (Å²) >= 11 is 5.92. The number of fused-ring (bicyclic) bond motifs is 1. The van der Waals surface area contributed by atoms with E-state index in [9.17, 15) is 4.79 Å². The van der Waals surface area contributed by atoms with Crippen LogP contribution in [0.4, 0.5) is 0 Å². The average molecular weight is 293 g/mol. The number of pyridine rings is 1. The number of hydrogen-bond acceptors (Lipinski definition) is 5. The number of rotatable bonds is 4. The van der Waals surface area contributed by atoms with Gasteiger partial charge in [-0.05, 0) is 6.07 Å². The van der Waals surface area contributed by atoms with Crippen LogP contribution in [0.3, 0.4) is 0 Å². The van der Waals surface area contributed by atoms with Gasteiger partial charge in [0.1, 0.15) is 5.65 Å². The van der Waals surface area contributed by atoms with Crippen LogP contribution in [0.5, 0.6) is 0 Å². The lowest BCUT2D eigenvalue weighted by atomic mass is 10.2. The zero-order valence-electron chi connectivity index (χ0n) is 10.1. The first-order valence-electron chi connectivity index (χ1n) is 5.73. The predicted molar refractivity (Wildman–Crippen MR) is 68.5 cm³/mol. The van der Waals surface area contributed by atoms with E-state index < -0.39 is 5.97 Å². The molecule has 3 heterocycles. The molecule has 0 unspecified atom stereocenters. The van der Waals surface area contributed by atoms with Gasteiger partial charge in [-0.2, -0.15) is 5.21 Å². The second kappa shape index (κ2) is 4.89. The summed E-state index contributed by atoms with van der Waals surface area (Å²) in [6.45, 7) is 0. The summed E-state index contributed by atoms with van der Waals surface area (Å²) in [6, 6.07) is 3.38. The molecule has 102 valence electrons. The van der Waals surface area contributed by atoms with Gasteiger partial charge < -0.3 is 9.51 Å². The van der Waals surface area contributed by atoms with E-state index in [1.807, 2.05) is 0 Å². The number of carbonyl (C=O) groups is 1. The van der Waals surface area contributed by atoms with Crippen LogP contribution in [0.1, 0.15) is 17.2 Å². The van der Waals surface area contributed by atoms with Crippen molar-refractivity contribution in [2.45, 2.75) is 12.8 Å². The second-order valence-corrected chi connectivity index (χ2v) is 4.59. The van der Waals surface area contributed by atoms with Crippen molar-refractivity contribution in [3.8, 4) is 0 Å². The Bertz CT molecular complexity index is 767. The Balaban J connectivity index is 2.12. The van der Waals surface area contributed by atoms with E-state index in [0.717, 1.165) is 0 Å². The number of nitrogens with one attached hydrogen (secondary N) is 1. The molecule has 0 aliphatic carbocycles. The monoisotopic (exact) mass is 292 g/mol. The summed E-state index contributed by atoms with van der Waals surface area (Å²) < 4.78 is 1.78. The molecule has 0 saturated carbocycles. The zero-order valence-corrected chi connectivity index (χ0v) is 10.9. The number of aromatic amines is 1. The third kappa shape index (κ3) is 2.32. The topological polar surface area (TPSA) is 109 Å². The zero-order chi connectivity index (χ0) is 14.1. The molecular formula is C11H9ClN6O2. The normalized spacial score (nSPS) is 11.1. The number of aliphatic carboxylic acids is 1. The minimum absolute atomic E-state index is 0.174. The molecule has 0 radical (unpaired) electrons. The lowest BCUT2D eigenvalue weighted by Gasteiger charge is -2.01. The highest BCUT2D eigenvalue weighted by Gasteiger charge is 2.17. The first-order chi connectivity index (χ1) is 9.63. The Morgan fingerprint density at radius 2 is 2.35 bits per heavy atom. The molecule has 0 atom stereocenters. The number of imidazole rings is 1. The lowest BCUT2D eigenvalue weighted by Crippen LogP contribution is -2.06. The molecule has 0 amide bonds. The number of halogens is 1. The minimum Gasteiger partial charge on any atom is -0.481 e. The minimum atomic E-state index is -0.950. The summed E-state index contributed by atoms with van der Waals surface area (Å²) in [7, 11) is 0. The molecule has 20 heavy (non-hydrogen) atoms. The highest BCUT2D eigenvalue weighted by atomic mass is 35.5. The Hall–Kier alpha value is -2.48. The van der Waals surface area contributed by atoms with Crippen molar-refractivity contribution in [2.75, 3.05) is 0 Å². The van der Waals surface area contributed by atoms with E-state index in [1.165, 1.54) is 0 Å². The van der Waals surface area contributed by atoms with Gasteiger partial charge in [-0.1, -0.05) is 16.8 Å². The summed E-state index contributed by atoms with van der Waals surface area (Å²) in [5, 5.41) is 23.1. The third-order valence-corrected chi connectivity index (χ3v) is 3.04. The number of carboxylic acid groups (broad SMARTS) is 1. The number of hydrogen-bond donors (Lipinski definition) is 2. The van der Waals surface area contributed by atoms with Crippen molar-refractivity contribution in [1.82, 2.24) is 30.0 Å². The molecule has 0 aliphatic heterocycles. The molecule has 0 saturated heterocycles. The summed E-state index contributed by atoms with van der Waals surface area (Å²) in [5.41, 5.74) is 1.76. The van der Waals surface area contributed by atoms with Crippen LogP contribution in [0.25, 0.3) is 5.65 Å². The Morgan fingerprint density at radius 3 is 3.05 bits per heavy atom. The van der Waals surface area contributed by atoms with Crippen LogP contribution in [-0.4, -0.2) is 41.1 Å². The molecule has 0 fully saturated rings. The lowest BCUT2D eigenvalue weighted by molar-refractivity contribution is -0.136. The molecule has 3 rings (SSSR count). The first-order valence-corrected chi connectivity index (χ1v) is 6.11. The van der Waals surface area contributed by atoms with Crippen molar-refractivity contribution in [1.29, 1.82) is 0 Å². The molecule has 9 heteroatoms. The number of carboxylic acids is 1. The standard InChI is InChI=1S/C11H9ClN6O2/c12-6-1-2-18-8(5-9-14-16-17-15-9)7(4-11(19)20)13-10(18)3-6/h1-3H,4-5H2,(H,19,20)(H,14,15,16,17). The van der Waals surface area contributed by atoms with Gasteiger partial charge in [-0.25, -0.2) is 4.98 Å². The van der Waals surface area contributed by atoms with E-state index in [4.69, 9.17) is 16.7 Å². The summed E-state index contributed by atoms with van der Waals surface area (Å²) in [6.07, 6.45) is 1.90. The van der Waals surface area contributed by atoms with Crippen molar-refractivity contribution >= 4 is 23.2 Å². The number of nitrogens with zero attached hydrogens (tertiary/aromatic N) is 5. The number of tetrazole rings is 1.